The van der Waals surface area contributed by atoms with Gasteiger partial charge < -0.3 is 5.32 Å². The average molecular weight is 274 g/mol. The topological polar surface area (TPSA) is 49.4 Å². The van der Waals surface area contributed by atoms with Gasteiger partial charge in [-0.2, -0.15) is 4.31 Å². The van der Waals surface area contributed by atoms with Crippen molar-refractivity contribution in [2.75, 3.05) is 19.6 Å². The molecule has 0 spiro atoms. The molecular weight excluding hydrogens is 256 g/mol. The predicted octanol–water partition coefficient (Wildman–Crippen LogP) is 1.35. The minimum Gasteiger partial charge on any atom is -0.312 e. The van der Waals surface area contributed by atoms with Crippen molar-refractivity contribution >= 4 is 21.4 Å². The first kappa shape index (κ1) is 13.0. The fourth-order valence-corrected chi connectivity index (χ4v) is 5.17. The van der Waals surface area contributed by atoms with Gasteiger partial charge in [-0.25, -0.2) is 8.42 Å². The van der Waals surface area contributed by atoms with Crippen molar-refractivity contribution in [1.29, 1.82) is 0 Å². The van der Waals surface area contributed by atoms with Crippen LogP contribution in [0.25, 0.3) is 0 Å². The fraction of sp³-hybridized carbons (Fsp3) is 0.636. The van der Waals surface area contributed by atoms with E-state index < -0.39 is 10.0 Å². The number of sulfonamides is 1. The van der Waals surface area contributed by atoms with E-state index in [1.165, 1.54) is 11.3 Å². The molecule has 1 atom stereocenters. The summed E-state index contributed by atoms with van der Waals surface area (Å²) in [5, 5.41) is 3.25. The third-order valence-corrected chi connectivity index (χ3v) is 6.03. The second-order valence-electron chi connectivity index (χ2n) is 4.50. The van der Waals surface area contributed by atoms with Crippen LogP contribution in [0.3, 0.4) is 0 Å². The molecule has 1 saturated heterocycles. The van der Waals surface area contributed by atoms with Crippen LogP contribution < -0.4 is 5.32 Å². The predicted molar refractivity (Wildman–Crippen MR) is 70.0 cm³/mol. The van der Waals surface area contributed by atoms with E-state index >= 15 is 0 Å². The molecule has 0 aliphatic carbocycles. The van der Waals surface area contributed by atoms with Crippen molar-refractivity contribution in [3.05, 3.63) is 15.8 Å². The van der Waals surface area contributed by atoms with Crippen molar-refractivity contribution < 1.29 is 8.42 Å². The SMILES string of the molecule is Cc1cc(S(=O)(=O)N2CCN[C@H](C)C2)c(C)s1. The maximum atomic E-state index is 12.5. The first-order valence-electron chi connectivity index (χ1n) is 5.72. The Morgan fingerprint density at radius 2 is 2.18 bits per heavy atom. The van der Waals surface area contributed by atoms with Crippen LogP contribution in [0.15, 0.2) is 11.0 Å². The molecule has 96 valence electrons. The highest BCUT2D eigenvalue weighted by atomic mass is 32.2. The Morgan fingerprint density at radius 3 is 2.71 bits per heavy atom. The van der Waals surface area contributed by atoms with Crippen LogP contribution in [-0.4, -0.2) is 38.4 Å². The van der Waals surface area contributed by atoms with Gasteiger partial charge in [-0.3, -0.25) is 0 Å². The molecule has 17 heavy (non-hydrogen) atoms. The summed E-state index contributed by atoms with van der Waals surface area (Å²) in [5.41, 5.74) is 0. The second kappa shape index (κ2) is 4.68. The van der Waals surface area contributed by atoms with Crippen LogP contribution in [0.4, 0.5) is 0 Å². The lowest BCUT2D eigenvalue weighted by Crippen LogP contribution is -2.51. The van der Waals surface area contributed by atoms with Gasteiger partial charge in [-0.1, -0.05) is 0 Å². The average Bonchev–Trinajstić information content (AvgIpc) is 2.58. The highest BCUT2D eigenvalue weighted by molar-refractivity contribution is 7.89. The van der Waals surface area contributed by atoms with Gasteiger partial charge in [0.05, 0.1) is 4.90 Å². The summed E-state index contributed by atoms with van der Waals surface area (Å²) in [6, 6.07) is 2.00. The minimum absolute atomic E-state index is 0.221. The van der Waals surface area contributed by atoms with E-state index in [4.69, 9.17) is 0 Å². The molecule has 1 fully saturated rings. The maximum absolute atomic E-state index is 12.5. The van der Waals surface area contributed by atoms with Crippen LogP contribution in [0.2, 0.25) is 0 Å². The van der Waals surface area contributed by atoms with Gasteiger partial charge >= 0.3 is 0 Å². The Labute approximate surface area is 107 Å². The zero-order valence-corrected chi connectivity index (χ0v) is 12.0. The van der Waals surface area contributed by atoms with Crippen LogP contribution >= 0.6 is 11.3 Å². The summed E-state index contributed by atoms with van der Waals surface area (Å²) in [5.74, 6) is 0. The molecule has 1 aliphatic rings. The summed E-state index contributed by atoms with van der Waals surface area (Å²) >= 11 is 1.54. The number of aryl methyl sites for hydroxylation is 2. The molecule has 0 bridgehead atoms. The Morgan fingerprint density at radius 1 is 1.47 bits per heavy atom. The summed E-state index contributed by atoms with van der Waals surface area (Å²) in [7, 11) is -3.30. The molecule has 0 aromatic carbocycles. The lowest BCUT2D eigenvalue weighted by molar-refractivity contribution is 0.310. The Balaban J connectivity index is 2.33. The van der Waals surface area contributed by atoms with E-state index in [2.05, 4.69) is 5.32 Å². The molecule has 0 amide bonds. The monoisotopic (exact) mass is 274 g/mol. The summed E-state index contributed by atoms with van der Waals surface area (Å²) in [4.78, 5) is 2.41. The Kier molecular flexibility index (Phi) is 3.58. The molecule has 2 rings (SSSR count). The number of piperazine rings is 1. The molecule has 1 aromatic rings. The molecule has 0 unspecified atom stereocenters. The molecule has 1 aromatic heterocycles. The van der Waals surface area contributed by atoms with Crippen LogP contribution in [0.1, 0.15) is 16.7 Å². The van der Waals surface area contributed by atoms with Crippen molar-refractivity contribution in [2.45, 2.75) is 31.7 Å². The molecule has 1 N–H and O–H groups in total. The normalized spacial score (nSPS) is 22.9. The van der Waals surface area contributed by atoms with E-state index in [9.17, 15) is 8.42 Å². The van der Waals surface area contributed by atoms with E-state index in [1.807, 2.05) is 20.8 Å². The highest BCUT2D eigenvalue weighted by Crippen LogP contribution is 2.28. The number of hydrogen-bond donors (Lipinski definition) is 1. The Hall–Kier alpha value is -0.430. The van der Waals surface area contributed by atoms with Gasteiger partial charge in [0.1, 0.15) is 0 Å². The number of nitrogens with one attached hydrogen (secondary N) is 1. The first-order chi connectivity index (χ1) is 7.91. The van der Waals surface area contributed by atoms with E-state index in [0.717, 1.165) is 16.3 Å². The zero-order chi connectivity index (χ0) is 12.6. The number of hydrogen-bond acceptors (Lipinski definition) is 4. The quantitative estimate of drug-likeness (QED) is 0.885. The summed E-state index contributed by atoms with van der Waals surface area (Å²) < 4.78 is 26.5. The molecule has 1 aliphatic heterocycles. The minimum atomic E-state index is -3.30. The molecule has 2 heterocycles. The molecule has 0 radical (unpaired) electrons. The van der Waals surface area contributed by atoms with Gasteiger partial charge in [0, 0.05) is 35.4 Å². The molecule has 4 nitrogen and oxygen atoms in total. The number of nitrogens with zero attached hydrogens (tertiary/aromatic N) is 1. The standard InChI is InChI=1S/C11H18N2O2S2/c1-8-7-13(5-4-12-8)17(14,15)11-6-9(2)16-10(11)3/h6,8,12H,4-5,7H2,1-3H3/t8-/m1/s1. The van der Waals surface area contributed by atoms with Gasteiger partial charge in [0.15, 0.2) is 0 Å². The van der Waals surface area contributed by atoms with Crippen molar-refractivity contribution in [2.24, 2.45) is 0 Å². The van der Waals surface area contributed by atoms with Gasteiger partial charge in [0.2, 0.25) is 10.0 Å². The van der Waals surface area contributed by atoms with Gasteiger partial charge in [-0.15, -0.1) is 11.3 Å². The van der Waals surface area contributed by atoms with Crippen LogP contribution in [-0.2, 0) is 10.0 Å². The lowest BCUT2D eigenvalue weighted by atomic mass is 10.3. The zero-order valence-electron chi connectivity index (χ0n) is 10.4. The Bertz CT molecular complexity index is 508. The number of rotatable bonds is 2. The van der Waals surface area contributed by atoms with Gasteiger partial charge in [-0.05, 0) is 26.8 Å². The van der Waals surface area contributed by atoms with Gasteiger partial charge in [0.25, 0.3) is 0 Å². The van der Waals surface area contributed by atoms with Crippen LogP contribution in [0, 0.1) is 13.8 Å². The molecule has 0 saturated carbocycles. The number of thiophene rings is 1. The third kappa shape index (κ3) is 2.54. The van der Waals surface area contributed by atoms with Crippen LogP contribution in [0.5, 0.6) is 0 Å². The summed E-state index contributed by atoms with van der Waals surface area (Å²) in [6.07, 6.45) is 0. The van der Waals surface area contributed by atoms with E-state index in [0.29, 0.717) is 18.0 Å². The van der Waals surface area contributed by atoms with Crippen molar-refractivity contribution in [3.63, 3.8) is 0 Å². The molecule has 6 heteroatoms. The summed E-state index contributed by atoms with van der Waals surface area (Å²) in [6.45, 7) is 7.65. The van der Waals surface area contributed by atoms with Crippen molar-refractivity contribution in [1.82, 2.24) is 9.62 Å². The molecular formula is C11H18N2O2S2. The fourth-order valence-electron chi connectivity index (χ4n) is 2.12. The first-order valence-corrected chi connectivity index (χ1v) is 7.97. The smallest absolute Gasteiger partial charge is 0.244 e. The van der Waals surface area contributed by atoms with E-state index in [1.54, 1.807) is 10.4 Å². The lowest BCUT2D eigenvalue weighted by Gasteiger charge is -2.30. The van der Waals surface area contributed by atoms with Crippen molar-refractivity contribution in [3.8, 4) is 0 Å². The largest absolute Gasteiger partial charge is 0.312 e. The maximum Gasteiger partial charge on any atom is 0.244 e. The second-order valence-corrected chi connectivity index (χ2v) is 7.86. The van der Waals surface area contributed by atoms with E-state index in [-0.39, 0.29) is 6.04 Å². The third-order valence-electron chi connectivity index (χ3n) is 2.94. The highest BCUT2D eigenvalue weighted by Gasteiger charge is 2.30.